The number of benzene rings is 1. The molecule has 1 aromatic heterocycles. The lowest BCUT2D eigenvalue weighted by Gasteiger charge is -2.32. The van der Waals surface area contributed by atoms with Crippen LogP contribution >= 0.6 is 23.2 Å². The topological polar surface area (TPSA) is 78.2 Å². The summed E-state index contributed by atoms with van der Waals surface area (Å²) >= 11 is 11.9. The number of aromatic nitrogens is 1. The summed E-state index contributed by atoms with van der Waals surface area (Å²) in [4.78, 5) is 46.9. The number of imide groups is 1. The van der Waals surface area contributed by atoms with Crippen molar-refractivity contribution in [3.63, 3.8) is 0 Å². The molecule has 0 saturated carbocycles. The van der Waals surface area contributed by atoms with E-state index < -0.39 is 23.3 Å². The molecule has 0 aliphatic carbocycles. The maximum absolute atomic E-state index is 13.6. The Labute approximate surface area is 183 Å². The number of anilines is 1. The van der Waals surface area contributed by atoms with Gasteiger partial charge < -0.3 is 0 Å². The van der Waals surface area contributed by atoms with Crippen LogP contribution in [-0.4, -0.2) is 52.7 Å². The molecule has 8 nitrogen and oxygen atoms in total. The largest absolute Gasteiger partial charge is 0.351 e. The molecule has 4 amide bonds. The van der Waals surface area contributed by atoms with E-state index in [1.807, 2.05) is 0 Å². The van der Waals surface area contributed by atoms with Gasteiger partial charge >= 0.3 is 6.03 Å². The Hall–Kier alpha value is -3.09. The number of amides is 4. The number of pyridine rings is 1. The van der Waals surface area contributed by atoms with Crippen LogP contribution in [0.5, 0.6) is 0 Å². The third-order valence-corrected chi connectivity index (χ3v) is 5.57. The minimum absolute atomic E-state index is 0.0145. The minimum Gasteiger partial charge on any atom is -0.287 e. The second-order valence-electron chi connectivity index (χ2n) is 6.90. The minimum atomic E-state index is -1.34. The van der Waals surface area contributed by atoms with Crippen LogP contribution in [0, 0.1) is 6.57 Å². The summed E-state index contributed by atoms with van der Waals surface area (Å²) < 4.78 is 0. The number of hydrogen-bond acceptors (Lipinski definition) is 4. The molecule has 0 N–H and O–H groups in total. The number of urea groups is 1. The van der Waals surface area contributed by atoms with Crippen LogP contribution < -0.4 is 4.90 Å². The van der Waals surface area contributed by atoms with Gasteiger partial charge in [0, 0.05) is 19.4 Å². The lowest BCUT2D eigenvalue weighted by Crippen LogP contribution is -2.52. The summed E-state index contributed by atoms with van der Waals surface area (Å²) in [6.07, 6.45) is 0.344. The van der Waals surface area contributed by atoms with E-state index in [0.717, 1.165) is 20.5 Å². The van der Waals surface area contributed by atoms with E-state index in [9.17, 15) is 14.4 Å². The van der Waals surface area contributed by atoms with Crippen LogP contribution in [0.4, 0.5) is 21.0 Å². The standard InChI is InChI=1S/C19H12BCl2N5O3/c1-23-12-4-2-11(3-5-12)10-19-6-7-25(17(20)29)27(19)18(30)26(16(19)28)13-8-14(21)24-15(22)9-13/h2-5,8-9H,6-7,10H2. The van der Waals surface area contributed by atoms with Crippen LogP contribution in [0.15, 0.2) is 36.4 Å². The third kappa shape index (κ3) is 3.09. The Kier molecular flexibility index (Phi) is 4.92. The average Bonchev–Trinajstić information content (AvgIpc) is 3.16. The fourth-order valence-electron chi connectivity index (χ4n) is 3.88. The molecule has 2 aromatic rings. The molecule has 2 fully saturated rings. The van der Waals surface area contributed by atoms with E-state index in [2.05, 4.69) is 9.83 Å². The van der Waals surface area contributed by atoms with E-state index >= 15 is 0 Å². The van der Waals surface area contributed by atoms with Crippen molar-refractivity contribution in [2.24, 2.45) is 0 Å². The summed E-state index contributed by atoms with van der Waals surface area (Å²) in [5, 5.41) is 2.21. The molecule has 2 saturated heterocycles. The zero-order valence-corrected chi connectivity index (χ0v) is 16.9. The Bertz CT molecular complexity index is 1100. The smallest absolute Gasteiger partial charge is 0.287 e. The zero-order chi connectivity index (χ0) is 21.6. The van der Waals surface area contributed by atoms with E-state index in [1.165, 1.54) is 12.1 Å². The van der Waals surface area contributed by atoms with Crippen molar-refractivity contribution in [3.8, 4) is 0 Å². The highest BCUT2D eigenvalue weighted by Crippen LogP contribution is 2.43. The number of carbonyl (C=O) groups excluding carboxylic acids is 3. The SMILES string of the molecule is [B]C(=O)N1CCC2(Cc3ccc([N+]#[C-])cc3)C(=O)N(c3cc(Cl)nc(Cl)c3)C(=O)N12. The molecule has 0 spiro atoms. The summed E-state index contributed by atoms with van der Waals surface area (Å²) in [6, 6.07) is 8.65. The molecule has 0 bridgehead atoms. The van der Waals surface area contributed by atoms with Crippen LogP contribution in [0.2, 0.25) is 10.3 Å². The molecule has 2 aliphatic rings. The normalized spacial score (nSPS) is 20.5. The van der Waals surface area contributed by atoms with Gasteiger partial charge in [0.1, 0.15) is 10.3 Å². The zero-order valence-electron chi connectivity index (χ0n) is 15.4. The van der Waals surface area contributed by atoms with Gasteiger partial charge in [-0.3, -0.25) is 14.6 Å². The van der Waals surface area contributed by atoms with Crippen molar-refractivity contribution in [3.05, 3.63) is 63.7 Å². The highest BCUT2D eigenvalue weighted by molar-refractivity contribution is 6.57. The van der Waals surface area contributed by atoms with Crippen molar-refractivity contribution in [2.75, 3.05) is 11.4 Å². The van der Waals surface area contributed by atoms with Gasteiger partial charge in [-0.05, 0) is 17.7 Å². The second kappa shape index (κ2) is 7.31. The highest BCUT2D eigenvalue weighted by atomic mass is 35.5. The first-order valence-electron chi connectivity index (χ1n) is 8.82. The fourth-order valence-corrected chi connectivity index (χ4v) is 4.33. The predicted octanol–water partition coefficient (Wildman–Crippen LogP) is 3.60. The van der Waals surface area contributed by atoms with E-state index in [-0.39, 0.29) is 35.4 Å². The summed E-state index contributed by atoms with van der Waals surface area (Å²) in [5.41, 5.74) is -0.00703. The molecule has 1 atom stereocenters. The van der Waals surface area contributed by atoms with Gasteiger partial charge in [0.2, 0.25) is 7.85 Å². The maximum Gasteiger partial charge on any atom is 0.351 e. The predicted molar refractivity (Wildman–Crippen MR) is 111 cm³/mol. The Morgan fingerprint density at radius 2 is 1.83 bits per heavy atom. The summed E-state index contributed by atoms with van der Waals surface area (Å²) in [6.45, 7) is 7.19. The highest BCUT2D eigenvalue weighted by Gasteiger charge is 2.63. The lowest BCUT2D eigenvalue weighted by atomic mass is 9.88. The van der Waals surface area contributed by atoms with E-state index in [4.69, 9.17) is 37.6 Å². The number of fused-ring (bicyclic) bond motifs is 1. The van der Waals surface area contributed by atoms with Gasteiger partial charge in [0.15, 0.2) is 17.0 Å². The van der Waals surface area contributed by atoms with Crippen LogP contribution in [0.25, 0.3) is 4.85 Å². The summed E-state index contributed by atoms with van der Waals surface area (Å²) in [7, 11) is 5.46. The summed E-state index contributed by atoms with van der Waals surface area (Å²) in [5.74, 6) is -1.36. The number of hydrogen-bond donors (Lipinski definition) is 0. The van der Waals surface area contributed by atoms with Crippen LogP contribution in [0.1, 0.15) is 12.0 Å². The van der Waals surface area contributed by atoms with Crippen LogP contribution in [0.3, 0.4) is 0 Å². The first-order chi connectivity index (χ1) is 14.3. The van der Waals surface area contributed by atoms with Gasteiger partial charge in [0.25, 0.3) is 5.91 Å². The number of hydrazine groups is 1. The number of halogens is 2. The Morgan fingerprint density at radius 1 is 1.20 bits per heavy atom. The molecule has 3 heterocycles. The average molecular weight is 440 g/mol. The second-order valence-corrected chi connectivity index (χ2v) is 7.68. The number of nitrogens with zero attached hydrogens (tertiary/aromatic N) is 5. The number of rotatable bonds is 3. The molecule has 2 aliphatic heterocycles. The molecule has 1 aromatic carbocycles. The first kappa shape index (κ1) is 20.2. The van der Waals surface area contributed by atoms with Gasteiger partial charge in [-0.25, -0.2) is 24.5 Å². The van der Waals surface area contributed by atoms with Gasteiger partial charge in [0.05, 0.1) is 12.3 Å². The maximum atomic E-state index is 13.6. The monoisotopic (exact) mass is 439 g/mol. The van der Waals surface area contributed by atoms with Gasteiger partial charge in [-0.1, -0.05) is 47.5 Å². The molecular formula is C19H12BCl2N5O3. The van der Waals surface area contributed by atoms with Gasteiger partial charge in [-0.15, -0.1) is 0 Å². The van der Waals surface area contributed by atoms with E-state index in [1.54, 1.807) is 24.3 Å². The molecule has 30 heavy (non-hydrogen) atoms. The molecule has 2 radical (unpaired) electrons. The lowest BCUT2D eigenvalue weighted by molar-refractivity contribution is -0.125. The van der Waals surface area contributed by atoms with Crippen molar-refractivity contribution < 1.29 is 14.4 Å². The third-order valence-electron chi connectivity index (χ3n) is 5.18. The van der Waals surface area contributed by atoms with E-state index in [0.29, 0.717) is 5.69 Å². The molecule has 4 rings (SSSR count). The van der Waals surface area contributed by atoms with Crippen molar-refractivity contribution in [2.45, 2.75) is 18.4 Å². The molecule has 148 valence electrons. The number of carbonyl (C=O) groups is 3. The van der Waals surface area contributed by atoms with Gasteiger partial charge in [-0.2, -0.15) is 0 Å². The Morgan fingerprint density at radius 3 is 2.40 bits per heavy atom. The quantitative estimate of drug-likeness (QED) is 0.317. The van der Waals surface area contributed by atoms with Crippen LogP contribution in [-0.2, 0) is 11.2 Å². The first-order valence-corrected chi connectivity index (χ1v) is 9.57. The molecule has 11 heteroatoms. The fraction of sp³-hybridized carbons (Fsp3) is 0.211. The Balaban J connectivity index is 1.80. The van der Waals surface area contributed by atoms with Crippen molar-refractivity contribution >= 4 is 60.2 Å². The molecule has 1 unspecified atom stereocenters. The van der Waals surface area contributed by atoms with Crippen molar-refractivity contribution in [1.82, 2.24) is 15.0 Å². The van der Waals surface area contributed by atoms with Crippen molar-refractivity contribution in [1.29, 1.82) is 0 Å². The molecular weight excluding hydrogens is 428 g/mol.